The zero-order chi connectivity index (χ0) is 15.7. The first kappa shape index (κ1) is 14.0. The first-order valence-corrected chi connectivity index (χ1v) is 6.50. The molecule has 0 spiro atoms. The van der Waals surface area contributed by atoms with Crippen LogP contribution >= 0.6 is 0 Å². The minimum Gasteiger partial charge on any atom is -0.508 e. The molecule has 0 aliphatic carbocycles. The molecule has 1 heterocycles. The van der Waals surface area contributed by atoms with Crippen LogP contribution in [0.5, 0.6) is 17.2 Å². The van der Waals surface area contributed by atoms with Gasteiger partial charge in [-0.1, -0.05) is 6.07 Å². The van der Waals surface area contributed by atoms with Crippen LogP contribution in [0.1, 0.15) is 5.56 Å². The molecule has 3 aromatic rings. The summed E-state index contributed by atoms with van der Waals surface area (Å²) in [6.45, 7) is -0.305. The Morgan fingerprint density at radius 3 is 2.59 bits per heavy atom. The Morgan fingerprint density at radius 2 is 1.82 bits per heavy atom. The van der Waals surface area contributed by atoms with Gasteiger partial charge in [0.15, 0.2) is 17.3 Å². The number of aromatic hydroxyl groups is 3. The average Bonchev–Trinajstić information content (AvgIpc) is 3.00. The van der Waals surface area contributed by atoms with Gasteiger partial charge in [-0.2, -0.15) is 0 Å². The average molecular weight is 299 g/mol. The molecule has 2 aromatic carbocycles. The first-order chi connectivity index (χ1) is 10.6. The Labute approximate surface area is 125 Å². The molecule has 0 saturated carbocycles. The van der Waals surface area contributed by atoms with Crippen molar-refractivity contribution in [3.8, 4) is 40.0 Å². The third-order valence-corrected chi connectivity index (χ3v) is 3.28. The molecule has 0 atom stereocenters. The second kappa shape index (κ2) is 5.42. The number of aromatic nitrogens is 1. The van der Waals surface area contributed by atoms with Crippen molar-refractivity contribution in [1.29, 1.82) is 0 Å². The van der Waals surface area contributed by atoms with Crippen LogP contribution in [0.4, 0.5) is 0 Å². The van der Waals surface area contributed by atoms with Crippen molar-refractivity contribution in [2.45, 2.75) is 6.61 Å². The summed E-state index contributed by atoms with van der Waals surface area (Å²) >= 11 is 0. The minimum absolute atomic E-state index is 0.0105. The molecule has 6 nitrogen and oxygen atoms in total. The van der Waals surface area contributed by atoms with Gasteiger partial charge in [0.05, 0.1) is 18.4 Å². The fraction of sp³-hybridized carbons (Fsp3) is 0.0625. The molecule has 0 amide bonds. The molecule has 22 heavy (non-hydrogen) atoms. The van der Waals surface area contributed by atoms with Crippen molar-refractivity contribution in [2.75, 3.05) is 0 Å². The summed E-state index contributed by atoms with van der Waals surface area (Å²) < 4.78 is 5.59. The predicted octanol–water partition coefficient (Wildman–Crippen LogP) is 2.62. The lowest BCUT2D eigenvalue weighted by atomic mass is 10.1. The molecule has 0 saturated heterocycles. The molecule has 0 radical (unpaired) electrons. The third kappa shape index (κ3) is 2.36. The number of phenolic OH excluding ortho intramolecular Hbond substituents is 2. The van der Waals surface area contributed by atoms with Crippen molar-refractivity contribution >= 4 is 0 Å². The lowest BCUT2D eigenvalue weighted by Gasteiger charge is -2.03. The van der Waals surface area contributed by atoms with Gasteiger partial charge >= 0.3 is 0 Å². The van der Waals surface area contributed by atoms with E-state index in [9.17, 15) is 15.3 Å². The maximum absolute atomic E-state index is 9.85. The molecule has 6 heteroatoms. The maximum Gasteiger partial charge on any atom is 0.226 e. The highest BCUT2D eigenvalue weighted by atomic mass is 16.4. The zero-order valence-corrected chi connectivity index (χ0v) is 11.4. The molecule has 0 fully saturated rings. The maximum atomic E-state index is 9.85. The van der Waals surface area contributed by atoms with E-state index in [1.165, 1.54) is 18.3 Å². The summed E-state index contributed by atoms with van der Waals surface area (Å²) in [6, 6.07) is 9.15. The van der Waals surface area contributed by atoms with Crippen molar-refractivity contribution in [3.63, 3.8) is 0 Å². The number of hydrogen-bond donors (Lipinski definition) is 4. The molecule has 112 valence electrons. The van der Waals surface area contributed by atoms with E-state index in [0.717, 1.165) is 0 Å². The Kier molecular flexibility index (Phi) is 3.44. The van der Waals surface area contributed by atoms with E-state index in [0.29, 0.717) is 22.5 Å². The second-order valence-electron chi connectivity index (χ2n) is 4.70. The Bertz CT molecular complexity index is 825. The fourth-order valence-electron chi connectivity index (χ4n) is 2.11. The lowest BCUT2D eigenvalue weighted by molar-refractivity contribution is 0.275. The van der Waals surface area contributed by atoms with Crippen LogP contribution in [-0.2, 0) is 6.61 Å². The second-order valence-corrected chi connectivity index (χ2v) is 4.70. The summed E-state index contributed by atoms with van der Waals surface area (Å²) in [4.78, 5) is 4.12. The van der Waals surface area contributed by atoms with Gasteiger partial charge in [0.2, 0.25) is 5.89 Å². The van der Waals surface area contributed by atoms with Crippen LogP contribution < -0.4 is 0 Å². The quantitative estimate of drug-likeness (QED) is 0.554. The van der Waals surface area contributed by atoms with E-state index < -0.39 is 0 Å². The summed E-state index contributed by atoms with van der Waals surface area (Å²) in [6.07, 6.45) is 1.43. The normalized spacial score (nSPS) is 10.8. The van der Waals surface area contributed by atoms with Gasteiger partial charge in [-0.15, -0.1) is 0 Å². The summed E-state index contributed by atoms with van der Waals surface area (Å²) in [5, 5.41) is 38.1. The van der Waals surface area contributed by atoms with Crippen LogP contribution in [0.15, 0.2) is 47.0 Å². The predicted molar refractivity (Wildman–Crippen MR) is 78.3 cm³/mol. The molecule has 0 bridgehead atoms. The van der Waals surface area contributed by atoms with Gasteiger partial charge in [-0.3, -0.25) is 0 Å². The van der Waals surface area contributed by atoms with Gasteiger partial charge in [-0.05, 0) is 30.3 Å². The monoisotopic (exact) mass is 299 g/mol. The van der Waals surface area contributed by atoms with Crippen molar-refractivity contribution in [1.82, 2.24) is 4.98 Å². The van der Waals surface area contributed by atoms with E-state index in [-0.39, 0.29) is 29.7 Å². The summed E-state index contributed by atoms with van der Waals surface area (Å²) in [5.74, 6) is 0.0210. The fourth-order valence-corrected chi connectivity index (χ4v) is 2.11. The molecule has 3 rings (SSSR count). The Balaban J connectivity index is 2.02. The van der Waals surface area contributed by atoms with Gasteiger partial charge in [0.1, 0.15) is 5.75 Å². The highest BCUT2D eigenvalue weighted by Crippen LogP contribution is 2.37. The van der Waals surface area contributed by atoms with Crippen molar-refractivity contribution < 1.29 is 24.8 Å². The summed E-state index contributed by atoms with van der Waals surface area (Å²) in [7, 11) is 0. The third-order valence-electron chi connectivity index (χ3n) is 3.28. The molecular weight excluding hydrogens is 286 g/mol. The van der Waals surface area contributed by atoms with Gasteiger partial charge in [0, 0.05) is 11.1 Å². The number of aliphatic hydroxyl groups is 1. The van der Waals surface area contributed by atoms with Crippen molar-refractivity contribution in [2.24, 2.45) is 0 Å². The number of nitrogens with zero attached hydrogens (tertiary/aromatic N) is 1. The number of rotatable bonds is 3. The van der Waals surface area contributed by atoms with Crippen LogP contribution in [0, 0.1) is 0 Å². The van der Waals surface area contributed by atoms with Gasteiger partial charge in [-0.25, -0.2) is 4.98 Å². The number of oxazole rings is 1. The lowest BCUT2D eigenvalue weighted by Crippen LogP contribution is -1.86. The number of benzene rings is 2. The molecule has 4 N–H and O–H groups in total. The van der Waals surface area contributed by atoms with Crippen LogP contribution in [-0.4, -0.2) is 25.4 Å². The highest BCUT2D eigenvalue weighted by molar-refractivity contribution is 5.70. The Morgan fingerprint density at radius 1 is 1.00 bits per heavy atom. The molecule has 0 aliphatic heterocycles. The van der Waals surface area contributed by atoms with Gasteiger partial charge in [0.25, 0.3) is 0 Å². The van der Waals surface area contributed by atoms with Crippen LogP contribution in [0.3, 0.4) is 0 Å². The van der Waals surface area contributed by atoms with Crippen LogP contribution in [0.25, 0.3) is 22.8 Å². The first-order valence-electron chi connectivity index (χ1n) is 6.50. The van der Waals surface area contributed by atoms with E-state index in [2.05, 4.69) is 4.98 Å². The van der Waals surface area contributed by atoms with E-state index >= 15 is 0 Å². The van der Waals surface area contributed by atoms with Crippen molar-refractivity contribution in [3.05, 3.63) is 48.2 Å². The number of hydrogen-bond acceptors (Lipinski definition) is 6. The Hall–Kier alpha value is -2.99. The number of aliphatic hydroxyl groups excluding tert-OH is 1. The molecular formula is C16H13NO5. The smallest absolute Gasteiger partial charge is 0.226 e. The number of para-hydroxylation sites is 1. The van der Waals surface area contributed by atoms with E-state index in [1.54, 1.807) is 24.3 Å². The minimum atomic E-state index is -0.305. The SMILES string of the molecule is OCc1cc(-c2ncc(-c3cccc(O)c3O)o2)ccc1O. The van der Waals surface area contributed by atoms with Crippen LogP contribution in [0.2, 0.25) is 0 Å². The highest BCUT2D eigenvalue weighted by Gasteiger charge is 2.14. The standard InChI is InChI=1S/C16H13NO5/c18-8-10-6-9(4-5-12(10)19)16-17-7-14(22-16)11-2-1-3-13(20)15(11)21/h1-7,18-21H,8H2. The summed E-state index contributed by atoms with van der Waals surface area (Å²) in [5.41, 5.74) is 1.25. The topological polar surface area (TPSA) is 107 Å². The van der Waals surface area contributed by atoms with E-state index in [4.69, 9.17) is 9.52 Å². The molecule has 0 aliphatic rings. The van der Waals surface area contributed by atoms with E-state index in [1.807, 2.05) is 0 Å². The molecule has 0 unspecified atom stereocenters. The number of phenols is 3. The van der Waals surface area contributed by atoms with Gasteiger partial charge < -0.3 is 24.8 Å². The largest absolute Gasteiger partial charge is 0.508 e. The molecule has 1 aromatic heterocycles. The zero-order valence-electron chi connectivity index (χ0n) is 11.4.